The van der Waals surface area contributed by atoms with Crippen LogP contribution >= 0.6 is 34.5 Å². The molecule has 116 valence electrons. The maximum Gasteiger partial charge on any atom is 0.353 e. The Morgan fingerprint density at radius 2 is 2.04 bits per heavy atom. The van der Waals surface area contributed by atoms with Gasteiger partial charge in [0.05, 0.1) is 38.1 Å². The topological polar surface area (TPSA) is 75.3 Å². The molecule has 0 aliphatic heterocycles. The average molecular weight is 367 g/mol. The van der Waals surface area contributed by atoms with Gasteiger partial charge in [-0.25, -0.2) is 10.1 Å². The minimum Gasteiger partial charge on any atom is -0.246 e. The molecule has 1 aromatic carbocycles. The molecule has 23 heavy (non-hydrogen) atoms. The number of nitrogens with one attached hydrogen (secondary N) is 1. The minimum atomic E-state index is 0.473. The summed E-state index contributed by atoms with van der Waals surface area (Å²) in [6.45, 7) is 1.92. The van der Waals surface area contributed by atoms with Crippen molar-refractivity contribution < 1.29 is 4.52 Å². The van der Waals surface area contributed by atoms with E-state index >= 15 is 0 Å². The Labute approximate surface area is 144 Å². The van der Waals surface area contributed by atoms with Crippen molar-refractivity contribution in [2.75, 3.05) is 0 Å². The summed E-state index contributed by atoms with van der Waals surface area (Å²) in [6.07, 6.45) is 1.82. The van der Waals surface area contributed by atoms with Crippen molar-refractivity contribution in [1.29, 1.82) is 0 Å². The van der Waals surface area contributed by atoms with Gasteiger partial charge in [0.25, 0.3) is 0 Å². The lowest BCUT2D eigenvalue weighted by atomic mass is 10.3. The second-order valence-corrected chi connectivity index (χ2v) is 6.82. The highest BCUT2D eigenvalue weighted by Crippen LogP contribution is 2.35. The van der Waals surface area contributed by atoms with E-state index in [4.69, 9.17) is 23.2 Å². The van der Waals surface area contributed by atoms with Gasteiger partial charge in [0.2, 0.25) is 11.5 Å². The Kier molecular flexibility index (Phi) is 3.33. The Hall–Kier alpha value is -2.03. The quantitative estimate of drug-likeness (QED) is 0.427. The van der Waals surface area contributed by atoms with Crippen molar-refractivity contribution in [2.24, 2.45) is 17.3 Å². The number of hydrogen-bond acceptors (Lipinski definition) is 5. The Morgan fingerprint density at radius 1 is 1.26 bits per heavy atom. The number of H-pyrrole nitrogens is 1. The molecular weight excluding hydrogens is 357 g/mol. The fraction of sp³-hybridized carbons (Fsp3) is 0.154. The van der Waals surface area contributed by atoms with E-state index in [2.05, 4.69) is 25.4 Å². The number of fused-ring (bicyclic) bond motifs is 2. The molecule has 3 heterocycles. The van der Waals surface area contributed by atoms with Gasteiger partial charge in [0.15, 0.2) is 5.69 Å². The Bertz CT molecular complexity index is 1040. The third-order valence-electron chi connectivity index (χ3n) is 3.27. The molecular formula is C13H10Cl2N7S+. The smallest absolute Gasteiger partial charge is 0.246 e. The summed E-state index contributed by atoms with van der Waals surface area (Å²) in [7, 11) is 1.85. The third-order valence-corrected chi connectivity index (χ3v) is 4.90. The van der Waals surface area contributed by atoms with Crippen LogP contribution in [-0.2, 0) is 7.05 Å². The van der Waals surface area contributed by atoms with Crippen molar-refractivity contribution in [3.8, 4) is 0 Å². The molecule has 0 spiro atoms. The number of nitrogens with zero attached hydrogens (tertiary/aromatic N) is 6. The van der Waals surface area contributed by atoms with Gasteiger partial charge < -0.3 is 0 Å². The Balaban J connectivity index is 1.76. The number of azo groups is 1. The zero-order valence-electron chi connectivity index (χ0n) is 12.1. The summed E-state index contributed by atoms with van der Waals surface area (Å²) in [6, 6.07) is 3.51. The van der Waals surface area contributed by atoms with E-state index in [0.717, 1.165) is 15.9 Å². The molecule has 0 fully saturated rings. The molecule has 0 saturated heterocycles. The zero-order valence-corrected chi connectivity index (χ0v) is 14.4. The predicted molar refractivity (Wildman–Crippen MR) is 89.3 cm³/mol. The van der Waals surface area contributed by atoms with Crippen molar-refractivity contribution in [2.45, 2.75) is 6.92 Å². The fourth-order valence-electron chi connectivity index (χ4n) is 2.26. The van der Waals surface area contributed by atoms with E-state index in [9.17, 15) is 0 Å². The van der Waals surface area contributed by atoms with Gasteiger partial charge in [-0.3, -0.25) is 0 Å². The molecule has 0 aliphatic carbocycles. The van der Waals surface area contributed by atoms with Crippen molar-refractivity contribution in [3.63, 3.8) is 0 Å². The van der Waals surface area contributed by atoms with Crippen LogP contribution in [0.2, 0.25) is 10.0 Å². The number of halogens is 2. The molecule has 0 amide bonds. The van der Waals surface area contributed by atoms with E-state index in [1.165, 1.54) is 11.3 Å². The molecule has 1 N–H and O–H groups in total. The van der Waals surface area contributed by atoms with Gasteiger partial charge in [-0.15, -0.1) is 19.4 Å². The summed E-state index contributed by atoms with van der Waals surface area (Å²) in [4.78, 5) is 4.40. The van der Waals surface area contributed by atoms with Gasteiger partial charge in [-0.2, -0.15) is 0 Å². The first-order valence-electron chi connectivity index (χ1n) is 6.62. The average Bonchev–Trinajstić information content (AvgIpc) is 3.10. The maximum atomic E-state index is 6.02. The number of aromatic nitrogens is 5. The second kappa shape index (κ2) is 5.26. The van der Waals surface area contributed by atoms with Gasteiger partial charge in [0.1, 0.15) is 0 Å². The highest BCUT2D eigenvalue weighted by Gasteiger charge is 2.18. The number of hydrogen-bond donors (Lipinski definition) is 1. The number of rotatable bonds is 2. The molecule has 0 aliphatic rings. The number of aryl methyl sites for hydroxylation is 2. The van der Waals surface area contributed by atoms with E-state index < -0.39 is 0 Å². The lowest BCUT2D eigenvalue weighted by Crippen LogP contribution is -2.19. The van der Waals surface area contributed by atoms with Crippen LogP contribution in [0.3, 0.4) is 0 Å². The first kappa shape index (κ1) is 14.6. The molecule has 0 unspecified atom stereocenters. The SMILES string of the molecule is Cc1[nH][n+]2cn(C)nc2c1N=Nc1nc2cc(Cl)c(Cl)cc2s1. The summed E-state index contributed by atoms with van der Waals surface area (Å²) >= 11 is 13.4. The first-order chi connectivity index (χ1) is 11.0. The van der Waals surface area contributed by atoms with Gasteiger partial charge in [-0.1, -0.05) is 34.5 Å². The van der Waals surface area contributed by atoms with Crippen LogP contribution in [0.4, 0.5) is 10.8 Å². The summed E-state index contributed by atoms with van der Waals surface area (Å²) in [5.74, 6) is 0. The molecule has 4 rings (SSSR count). The molecule has 3 aromatic heterocycles. The minimum absolute atomic E-state index is 0.473. The predicted octanol–water partition coefficient (Wildman–Crippen LogP) is 4.13. The van der Waals surface area contributed by atoms with E-state index in [1.807, 2.05) is 20.3 Å². The van der Waals surface area contributed by atoms with Crippen molar-refractivity contribution in [1.82, 2.24) is 19.9 Å². The van der Waals surface area contributed by atoms with Crippen LogP contribution in [0, 0.1) is 6.92 Å². The molecule has 0 radical (unpaired) electrons. The van der Waals surface area contributed by atoms with Gasteiger partial charge >= 0.3 is 5.65 Å². The summed E-state index contributed by atoms with van der Waals surface area (Å²) < 4.78 is 4.41. The zero-order chi connectivity index (χ0) is 16.1. The second-order valence-electron chi connectivity index (χ2n) is 5.00. The standard InChI is InChI=1S/C13H10Cl2N7S/c1-6-11(12-20-21(2)5-22(12)19-6)17-18-13-16-9-3-7(14)8(15)4-10(9)23-13/h3-5,19H,1-2H3/q+1. The highest BCUT2D eigenvalue weighted by atomic mass is 35.5. The molecule has 10 heteroatoms. The summed E-state index contributed by atoms with van der Waals surface area (Å²) in [5.41, 5.74) is 3.02. The van der Waals surface area contributed by atoms with E-state index in [0.29, 0.717) is 26.5 Å². The van der Waals surface area contributed by atoms with Crippen molar-refractivity contribution in [3.05, 3.63) is 34.2 Å². The van der Waals surface area contributed by atoms with Crippen LogP contribution in [0.15, 0.2) is 28.7 Å². The van der Waals surface area contributed by atoms with Crippen LogP contribution < -0.4 is 4.52 Å². The molecule has 7 nitrogen and oxygen atoms in total. The lowest BCUT2D eigenvalue weighted by Gasteiger charge is -1.92. The molecule has 0 atom stereocenters. The largest absolute Gasteiger partial charge is 0.353 e. The van der Waals surface area contributed by atoms with Crippen LogP contribution in [0.5, 0.6) is 0 Å². The van der Waals surface area contributed by atoms with E-state index in [1.54, 1.807) is 21.3 Å². The number of aromatic amines is 1. The number of thiazole rings is 1. The van der Waals surface area contributed by atoms with Crippen molar-refractivity contribution >= 4 is 61.2 Å². The number of benzene rings is 1. The fourth-order valence-corrected chi connectivity index (χ4v) is 3.45. The molecule has 4 aromatic rings. The summed E-state index contributed by atoms with van der Waals surface area (Å²) in [5, 5.41) is 17.5. The normalized spacial score (nSPS) is 12.2. The monoisotopic (exact) mass is 366 g/mol. The third kappa shape index (κ3) is 2.48. The van der Waals surface area contributed by atoms with E-state index in [-0.39, 0.29) is 0 Å². The molecule has 0 bridgehead atoms. The van der Waals surface area contributed by atoms with Crippen LogP contribution in [0.25, 0.3) is 15.9 Å². The lowest BCUT2D eigenvalue weighted by molar-refractivity contribution is -0.578. The Morgan fingerprint density at radius 3 is 2.87 bits per heavy atom. The maximum absolute atomic E-state index is 6.02. The van der Waals surface area contributed by atoms with Gasteiger partial charge in [0, 0.05) is 0 Å². The van der Waals surface area contributed by atoms with Crippen LogP contribution in [0.1, 0.15) is 5.69 Å². The highest BCUT2D eigenvalue weighted by molar-refractivity contribution is 7.22. The van der Waals surface area contributed by atoms with Crippen LogP contribution in [-0.4, -0.2) is 19.9 Å². The van der Waals surface area contributed by atoms with Gasteiger partial charge in [-0.05, 0) is 19.1 Å². The first-order valence-corrected chi connectivity index (χ1v) is 8.19. The molecule has 0 saturated carbocycles.